The van der Waals surface area contributed by atoms with Crippen LogP contribution in [0.4, 0.5) is 8.78 Å². The number of rotatable bonds is 3. The molecule has 0 saturated heterocycles. The van der Waals surface area contributed by atoms with Crippen molar-refractivity contribution < 1.29 is 14.0 Å². The van der Waals surface area contributed by atoms with E-state index < -0.39 is 22.9 Å². The van der Waals surface area contributed by atoms with Crippen LogP contribution in [-0.2, 0) is 13.6 Å². The third kappa shape index (κ3) is 2.84. The number of benzene rings is 2. The third-order valence-corrected chi connectivity index (χ3v) is 4.41. The zero-order chi connectivity index (χ0) is 20.0. The van der Waals surface area contributed by atoms with Crippen LogP contribution in [0, 0.1) is 11.6 Å². The number of fused-ring (bicyclic) bond motifs is 1. The highest BCUT2D eigenvalue weighted by molar-refractivity contribution is 5.83. The maximum atomic E-state index is 13.3. The van der Waals surface area contributed by atoms with Gasteiger partial charge in [0.2, 0.25) is 0 Å². The van der Waals surface area contributed by atoms with E-state index in [1.54, 1.807) is 18.3 Å². The Balaban J connectivity index is 1.72. The molecule has 2 aromatic carbocycles. The number of hydrogen-bond donors (Lipinski definition) is 1. The summed E-state index contributed by atoms with van der Waals surface area (Å²) < 4.78 is 29.0. The molecule has 142 valence electrons. The summed E-state index contributed by atoms with van der Waals surface area (Å²) in [5.41, 5.74) is 0.157. The van der Waals surface area contributed by atoms with E-state index in [1.165, 1.54) is 23.9 Å². The van der Waals surface area contributed by atoms with Gasteiger partial charge in [-0.2, -0.15) is 0 Å². The molecule has 0 radical (unpaired) electrons. The van der Waals surface area contributed by atoms with Crippen LogP contribution in [0.5, 0.6) is 0 Å². The van der Waals surface area contributed by atoms with Crippen molar-refractivity contribution in [1.82, 2.24) is 24.3 Å². The summed E-state index contributed by atoms with van der Waals surface area (Å²) in [6.07, 6.45) is 1.59. The second kappa shape index (κ2) is 6.41. The number of aromatic nitrogens is 5. The van der Waals surface area contributed by atoms with E-state index in [1.807, 2.05) is 0 Å². The van der Waals surface area contributed by atoms with Crippen molar-refractivity contribution in [1.29, 1.82) is 0 Å². The lowest BCUT2D eigenvalue weighted by Crippen LogP contribution is -2.37. The summed E-state index contributed by atoms with van der Waals surface area (Å²) in [5, 5.41) is 17.8. The molecule has 0 bridgehead atoms. The highest BCUT2D eigenvalue weighted by Gasteiger charge is 2.13. The van der Waals surface area contributed by atoms with Crippen LogP contribution in [-0.4, -0.2) is 29.5 Å². The minimum absolute atomic E-state index is 0.0477. The molecular formula is C18H13F2N5O3. The molecule has 0 fully saturated rings. The second-order valence-electron chi connectivity index (χ2n) is 6.24. The minimum Gasteiger partial charge on any atom is -0.421 e. The van der Waals surface area contributed by atoms with Crippen LogP contribution in [0.15, 0.2) is 52.2 Å². The Kier molecular flexibility index (Phi) is 4.03. The fourth-order valence-electron chi connectivity index (χ4n) is 2.94. The van der Waals surface area contributed by atoms with Gasteiger partial charge in [-0.05, 0) is 29.8 Å². The van der Waals surface area contributed by atoms with E-state index in [0.717, 1.165) is 16.7 Å². The number of hydrogen-bond acceptors (Lipinski definition) is 5. The molecule has 4 rings (SSSR count). The van der Waals surface area contributed by atoms with Crippen LogP contribution < -0.4 is 11.2 Å². The first-order valence-electron chi connectivity index (χ1n) is 8.14. The van der Waals surface area contributed by atoms with Gasteiger partial charge in [-0.1, -0.05) is 22.1 Å². The maximum Gasteiger partial charge on any atom is 0.364 e. The zero-order valence-electron chi connectivity index (χ0n) is 14.5. The van der Waals surface area contributed by atoms with E-state index >= 15 is 0 Å². The molecule has 1 N–H and O–H groups in total. The van der Waals surface area contributed by atoms with Crippen molar-refractivity contribution in [2.45, 2.75) is 6.54 Å². The van der Waals surface area contributed by atoms with E-state index in [-0.39, 0.29) is 16.7 Å². The number of nitrogens with zero attached hydrogens (tertiary/aromatic N) is 5. The summed E-state index contributed by atoms with van der Waals surface area (Å²) >= 11 is 0. The Labute approximate surface area is 155 Å². The van der Waals surface area contributed by atoms with Gasteiger partial charge in [0.05, 0.1) is 23.6 Å². The Morgan fingerprint density at radius 3 is 2.61 bits per heavy atom. The molecule has 0 aliphatic heterocycles. The number of aryl methyl sites for hydroxylation is 1. The van der Waals surface area contributed by atoms with Gasteiger partial charge in [0.15, 0.2) is 11.6 Å². The molecule has 2 aromatic heterocycles. The Bertz CT molecular complexity index is 1340. The molecule has 0 atom stereocenters. The molecule has 8 nitrogen and oxygen atoms in total. The van der Waals surface area contributed by atoms with Gasteiger partial charge in [-0.15, -0.1) is 5.10 Å². The van der Waals surface area contributed by atoms with Crippen LogP contribution >= 0.6 is 0 Å². The monoisotopic (exact) mass is 385 g/mol. The molecule has 0 aliphatic rings. The predicted molar refractivity (Wildman–Crippen MR) is 95.1 cm³/mol. The van der Waals surface area contributed by atoms with Gasteiger partial charge in [-0.3, -0.25) is 9.36 Å². The summed E-state index contributed by atoms with van der Waals surface area (Å²) in [6.45, 7) is 0.176. The van der Waals surface area contributed by atoms with Gasteiger partial charge in [0.1, 0.15) is 5.69 Å². The molecule has 0 unspecified atom stereocenters. The van der Waals surface area contributed by atoms with Crippen molar-refractivity contribution in [3.63, 3.8) is 0 Å². The molecule has 0 amide bonds. The fourth-order valence-corrected chi connectivity index (χ4v) is 2.94. The van der Waals surface area contributed by atoms with Gasteiger partial charge in [0, 0.05) is 12.6 Å². The molecule has 0 aliphatic carbocycles. The first kappa shape index (κ1) is 17.6. The van der Waals surface area contributed by atoms with E-state index in [0.29, 0.717) is 22.3 Å². The van der Waals surface area contributed by atoms with Crippen LogP contribution in [0.3, 0.4) is 0 Å². The van der Waals surface area contributed by atoms with Crippen molar-refractivity contribution >= 4 is 10.9 Å². The van der Waals surface area contributed by atoms with Crippen LogP contribution in [0.2, 0.25) is 0 Å². The van der Waals surface area contributed by atoms with Gasteiger partial charge < -0.3 is 5.21 Å². The minimum atomic E-state index is -0.946. The smallest absolute Gasteiger partial charge is 0.364 e. The quantitative estimate of drug-likeness (QED) is 0.540. The fraction of sp³-hybridized carbons (Fsp3) is 0.111. The molecule has 28 heavy (non-hydrogen) atoms. The first-order chi connectivity index (χ1) is 13.3. The Morgan fingerprint density at radius 1 is 1.07 bits per heavy atom. The van der Waals surface area contributed by atoms with Gasteiger partial charge in [0.25, 0.3) is 5.56 Å². The molecule has 2 heterocycles. The van der Waals surface area contributed by atoms with Crippen LogP contribution in [0.1, 0.15) is 5.56 Å². The van der Waals surface area contributed by atoms with Crippen molar-refractivity contribution in [3.05, 3.63) is 80.6 Å². The highest BCUT2D eigenvalue weighted by Crippen LogP contribution is 2.20. The van der Waals surface area contributed by atoms with E-state index in [4.69, 9.17) is 0 Å². The third-order valence-electron chi connectivity index (χ3n) is 4.41. The summed E-state index contributed by atoms with van der Waals surface area (Å²) in [7, 11) is 1.44. The lowest BCUT2D eigenvalue weighted by Gasteiger charge is -2.07. The molecule has 4 aromatic rings. The average molecular weight is 385 g/mol. The topological polar surface area (TPSA) is 94.9 Å². The molecule has 0 saturated carbocycles. The van der Waals surface area contributed by atoms with Crippen molar-refractivity contribution in [2.75, 3.05) is 0 Å². The second-order valence-corrected chi connectivity index (χ2v) is 6.24. The largest absolute Gasteiger partial charge is 0.421 e. The zero-order valence-corrected chi connectivity index (χ0v) is 14.5. The van der Waals surface area contributed by atoms with Gasteiger partial charge in [-0.25, -0.2) is 18.3 Å². The summed E-state index contributed by atoms with van der Waals surface area (Å²) in [4.78, 5) is 24.0. The summed E-state index contributed by atoms with van der Waals surface area (Å²) in [5.74, 6) is -1.87. The SMILES string of the molecule is Cn1c(=O)n(O)c(=O)c2cc(-c3cn(Cc4ccc(F)c(F)c4)nn3)ccc21. The Morgan fingerprint density at radius 2 is 1.86 bits per heavy atom. The van der Waals surface area contributed by atoms with E-state index in [2.05, 4.69) is 10.3 Å². The molecular weight excluding hydrogens is 372 g/mol. The lowest BCUT2D eigenvalue weighted by atomic mass is 10.1. The predicted octanol–water partition coefficient (Wildman–Crippen LogP) is 1.52. The van der Waals surface area contributed by atoms with E-state index in [9.17, 15) is 23.6 Å². The van der Waals surface area contributed by atoms with Crippen LogP contribution in [0.25, 0.3) is 22.2 Å². The molecule has 10 heteroatoms. The lowest BCUT2D eigenvalue weighted by molar-refractivity contribution is 0.158. The highest BCUT2D eigenvalue weighted by atomic mass is 19.2. The van der Waals surface area contributed by atoms with Crippen molar-refractivity contribution in [3.8, 4) is 11.3 Å². The summed E-state index contributed by atoms with van der Waals surface area (Å²) in [6, 6.07) is 8.29. The number of halogens is 2. The normalized spacial score (nSPS) is 11.2. The Hall–Kier alpha value is -3.82. The van der Waals surface area contributed by atoms with Crippen molar-refractivity contribution in [2.24, 2.45) is 7.05 Å². The average Bonchev–Trinajstić information content (AvgIpc) is 3.15. The standard InChI is InChI=1S/C18H13F2N5O3/c1-23-16-5-3-11(7-12(16)17(26)25(28)18(23)27)15-9-24(22-21-15)8-10-2-4-13(19)14(20)6-10/h2-7,9,28H,8H2,1H3. The first-order valence-corrected chi connectivity index (χ1v) is 8.14. The van der Waals surface area contributed by atoms with Gasteiger partial charge >= 0.3 is 5.69 Å². The molecule has 0 spiro atoms. The maximum absolute atomic E-state index is 13.3.